The number of hydrogen-bond donors (Lipinski definition) is 1. The third-order valence-electron chi connectivity index (χ3n) is 5.01. The third-order valence-corrected chi connectivity index (χ3v) is 5.24. The highest BCUT2D eigenvalue weighted by molar-refractivity contribution is 6.30. The molecular weight excluding hydrogens is 356 g/mol. The average Bonchev–Trinajstić information content (AvgIpc) is 2.67. The molecule has 0 aliphatic carbocycles. The summed E-state index contributed by atoms with van der Waals surface area (Å²) in [7, 11) is 0. The van der Waals surface area contributed by atoms with Gasteiger partial charge in [-0.2, -0.15) is 4.98 Å². The first kappa shape index (κ1) is 17.8. The maximum atomic E-state index is 6.10. The van der Waals surface area contributed by atoms with Crippen LogP contribution in [0.3, 0.4) is 0 Å². The second kappa shape index (κ2) is 7.57. The van der Waals surface area contributed by atoms with Crippen LogP contribution in [0.25, 0.3) is 0 Å². The first-order valence-corrected chi connectivity index (χ1v) is 9.74. The van der Waals surface area contributed by atoms with Crippen molar-refractivity contribution in [3.8, 4) is 0 Å². The van der Waals surface area contributed by atoms with Gasteiger partial charge in [0.2, 0.25) is 5.95 Å². The summed E-state index contributed by atoms with van der Waals surface area (Å²) in [6.45, 7) is 5.24. The quantitative estimate of drug-likeness (QED) is 0.661. The maximum Gasteiger partial charge on any atom is 0.229 e. The predicted octanol–water partition coefficient (Wildman–Crippen LogP) is 5.39. The van der Waals surface area contributed by atoms with Crippen molar-refractivity contribution in [3.05, 3.63) is 76.4 Å². The molecule has 3 aromatic rings. The van der Waals surface area contributed by atoms with E-state index in [0.29, 0.717) is 17.0 Å². The molecule has 0 unspecified atom stereocenters. The van der Waals surface area contributed by atoms with Gasteiger partial charge < -0.3 is 10.2 Å². The number of halogens is 1. The summed E-state index contributed by atoms with van der Waals surface area (Å²) >= 11 is 6.10. The van der Waals surface area contributed by atoms with E-state index >= 15 is 0 Å². The third kappa shape index (κ3) is 3.91. The SMILES string of the molecule is CCc1cc(N2Cc3ccccc3C[C@@H]2C)nc(Nc2cccc(Cl)c2)n1. The highest BCUT2D eigenvalue weighted by Crippen LogP contribution is 2.29. The number of fused-ring (bicyclic) bond motifs is 1. The highest BCUT2D eigenvalue weighted by atomic mass is 35.5. The van der Waals surface area contributed by atoms with Gasteiger partial charge in [-0.05, 0) is 49.1 Å². The normalized spacial score (nSPS) is 16.1. The summed E-state index contributed by atoms with van der Waals surface area (Å²) in [5, 5.41) is 3.99. The van der Waals surface area contributed by atoms with Gasteiger partial charge in [0.1, 0.15) is 5.82 Å². The van der Waals surface area contributed by atoms with Crippen molar-refractivity contribution in [3.63, 3.8) is 0 Å². The lowest BCUT2D eigenvalue weighted by Crippen LogP contribution is -2.39. The van der Waals surface area contributed by atoms with Crippen LogP contribution < -0.4 is 10.2 Å². The minimum absolute atomic E-state index is 0.388. The summed E-state index contributed by atoms with van der Waals surface area (Å²) in [5.41, 5.74) is 4.72. The van der Waals surface area contributed by atoms with E-state index in [1.165, 1.54) is 11.1 Å². The molecular formula is C22H23ClN4. The Morgan fingerprint density at radius 3 is 2.67 bits per heavy atom. The first-order valence-electron chi connectivity index (χ1n) is 9.36. The summed E-state index contributed by atoms with van der Waals surface area (Å²) in [6, 6.07) is 18.8. The van der Waals surface area contributed by atoms with Crippen LogP contribution in [0.1, 0.15) is 30.7 Å². The van der Waals surface area contributed by atoms with Crippen molar-refractivity contribution >= 4 is 29.1 Å². The Morgan fingerprint density at radius 2 is 1.89 bits per heavy atom. The predicted molar refractivity (Wildman–Crippen MR) is 112 cm³/mol. The van der Waals surface area contributed by atoms with Crippen LogP contribution in [-0.2, 0) is 19.4 Å². The lowest BCUT2D eigenvalue weighted by molar-refractivity contribution is 0.586. The van der Waals surface area contributed by atoms with E-state index in [0.717, 1.165) is 36.6 Å². The summed E-state index contributed by atoms with van der Waals surface area (Å²) in [6.07, 6.45) is 1.89. The fourth-order valence-electron chi connectivity index (χ4n) is 3.55. The topological polar surface area (TPSA) is 41.1 Å². The van der Waals surface area contributed by atoms with Gasteiger partial charge >= 0.3 is 0 Å². The van der Waals surface area contributed by atoms with Crippen LogP contribution >= 0.6 is 11.6 Å². The molecule has 5 heteroatoms. The van der Waals surface area contributed by atoms with Gasteiger partial charge in [-0.1, -0.05) is 48.9 Å². The molecule has 1 N–H and O–H groups in total. The number of rotatable bonds is 4. The van der Waals surface area contributed by atoms with E-state index in [9.17, 15) is 0 Å². The van der Waals surface area contributed by atoms with Crippen LogP contribution in [0.5, 0.6) is 0 Å². The Morgan fingerprint density at radius 1 is 1.07 bits per heavy atom. The molecule has 1 atom stereocenters. The second-order valence-electron chi connectivity index (χ2n) is 6.98. The molecule has 2 aromatic carbocycles. The molecule has 2 heterocycles. The maximum absolute atomic E-state index is 6.10. The number of nitrogens with one attached hydrogen (secondary N) is 1. The van der Waals surface area contributed by atoms with Crippen LogP contribution in [0, 0.1) is 0 Å². The lowest BCUT2D eigenvalue weighted by atomic mass is 9.95. The van der Waals surface area contributed by atoms with E-state index in [-0.39, 0.29) is 0 Å². The monoisotopic (exact) mass is 378 g/mol. The molecule has 1 aliphatic heterocycles. The molecule has 0 bridgehead atoms. The van der Waals surface area contributed by atoms with E-state index in [4.69, 9.17) is 16.6 Å². The highest BCUT2D eigenvalue weighted by Gasteiger charge is 2.24. The van der Waals surface area contributed by atoms with Crippen LogP contribution in [0.15, 0.2) is 54.6 Å². The second-order valence-corrected chi connectivity index (χ2v) is 7.42. The molecule has 27 heavy (non-hydrogen) atoms. The van der Waals surface area contributed by atoms with E-state index in [1.807, 2.05) is 24.3 Å². The zero-order valence-electron chi connectivity index (χ0n) is 15.6. The molecule has 0 radical (unpaired) electrons. The zero-order valence-corrected chi connectivity index (χ0v) is 16.4. The molecule has 4 nitrogen and oxygen atoms in total. The van der Waals surface area contributed by atoms with Crippen molar-refractivity contribution in [1.29, 1.82) is 0 Å². The van der Waals surface area contributed by atoms with Crippen LogP contribution in [-0.4, -0.2) is 16.0 Å². The Labute approximate surface area is 165 Å². The van der Waals surface area contributed by atoms with E-state index < -0.39 is 0 Å². The standard InChI is InChI=1S/C22H23ClN4/c1-3-19-13-21(26-22(24-19)25-20-10-6-9-18(23)12-20)27-14-17-8-5-4-7-16(17)11-15(27)2/h4-10,12-13,15H,3,11,14H2,1-2H3,(H,24,25,26)/t15-/m0/s1. The zero-order chi connectivity index (χ0) is 18.8. The van der Waals surface area contributed by atoms with Crippen molar-refractivity contribution in [1.82, 2.24) is 9.97 Å². The van der Waals surface area contributed by atoms with Crippen molar-refractivity contribution in [2.75, 3.05) is 10.2 Å². The van der Waals surface area contributed by atoms with E-state index in [1.54, 1.807) is 0 Å². The van der Waals surface area contributed by atoms with Gasteiger partial charge in [0.25, 0.3) is 0 Å². The molecule has 138 valence electrons. The number of nitrogens with zero attached hydrogens (tertiary/aromatic N) is 3. The van der Waals surface area contributed by atoms with Gasteiger partial charge in [0.15, 0.2) is 0 Å². The van der Waals surface area contributed by atoms with Gasteiger partial charge in [-0.3, -0.25) is 0 Å². The molecule has 0 spiro atoms. The largest absolute Gasteiger partial charge is 0.349 e. The van der Waals surface area contributed by atoms with Gasteiger partial charge in [0.05, 0.1) is 0 Å². The molecule has 1 aliphatic rings. The molecule has 0 saturated carbocycles. The van der Waals surface area contributed by atoms with Gasteiger partial charge in [0, 0.05) is 35.1 Å². The number of anilines is 3. The Balaban J connectivity index is 1.66. The first-order chi connectivity index (χ1) is 13.1. The Hall–Kier alpha value is -2.59. The van der Waals surface area contributed by atoms with E-state index in [2.05, 4.69) is 59.4 Å². The number of benzene rings is 2. The number of aromatic nitrogens is 2. The summed E-state index contributed by atoms with van der Waals surface area (Å²) in [5.74, 6) is 1.58. The minimum Gasteiger partial charge on any atom is -0.349 e. The Bertz CT molecular complexity index is 957. The van der Waals surface area contributed by atoms with Crippen LogP contribution in [0.2, 0.25) is 5.02 Å². The molecule has 0 fully saturated rings. The Kier molecular flexibility index (Phi) is 4.99. The average molecular weight is 379 g/mol. The number of aryl methyl sites for hydroxylation is 1. The summed E-state index contributed by atoms with van der Waals surface area (Å²) in [4.78, 5) is 11.8. The number of hydrogen-bond acceptors (Lipinski definition) is 4. The molecule has 1 aromatic heterocycles. The fourth-order valence-corrected chi connectivity index (χ4v) is 3.74. The smallest absolute Gasteiger partial charge is 0.229 e. The van der Waals surface area contributed by atoms with Crippen LogP contribution in [0.4, 0.5) is 17.5 Å². The van der Waals surface area contributed by atoms with Crippen molar-refractivity contribution in [2.24, 2.45) is 0 Å². The fraction of sp³-hybridized carbons (Fsp3) is 0.273. The van der Waals surface area contributed by atoms with Crippen molar-refractivity contribution < 1.29 is 0 Å². The molecule has 4 rings (SSSR count). The molecule has 0 saturated heterocycles. The lowest BCUT2D eigenvalue weighted by Gasteiger charge is -2.36. The van der Waals surface area contributed by atoms with Gasteiger partial charge in [-0.15, -0.1) is 0 Å². The van der Waals surface area contributed by atoms with Gasteiger partial charge in [-0.25, -0.2) is 4.98 Å². The summed E-state index contributed by atoms with van der Waals surface area (Å²) < 4.78 is 0. The minimum atomic E-state index is 0.388. The van der Waals surface area contributed by atoms with Crippen molar-refractivity contribution in [2.45, 2.75) is 39.3 Å². The molecule has 0 amide bonds.